The third-order valence-corrected chi connectivity index (χ3v) is 14.5. The van der Waals surface area contributed by atoms with E-state index < -0.39 is 0 Å². The summed E-state index contributed by atoms with van der Waals surface area (Å²) in [6.45, 7) is 15.5. The van der Waals surface area contributed by atoms with Crippen molar-refractivity contribution in [2.75, 3.05) is 4.90 Å². The number of aromatic nitrogens is 3. The molecule has 1 aliphatic rings. The Kier molecular flexibility index (Phi) is 11.2. The largest absolute Gasteiger partial charge is 0.509 e. The van der Waals surface area contributed by atoms with Crippen LogP contribution >= 0.6 is 0 Å². The van der Waals surface area contributed by atoms with Crippen molar-refractivity contribution in [3.63, 3.8) is 0 Å². The molecule has 0 amide bonds. The summed E-state index contributed by atoms with van der Waals surface area (Å²) in [5, 5.41) is 9.01. The summed E-state index contributed by atoms with van der Waals surface area (Å²) < 4.78 is 20.5. The van der Waals surface area contributed by atoms with E-state index in [1.807, 2.05) is 36.5 Å². The van der Waals surface area contributed by atoms with Crippen molar-refractivity contribution in [3.8, 4) is 39.6 Å². The van der Waals surface area contributed by atoms with Crippen LogP contribution in [0.3, 0.4) is 0 Å². The van der Waals surface area contributed by atoms with E-state index in [0.717, 1.165) is 99.4 Å². The Bertz CT molecular complexity index is 4310. The number of fused-ring (bicyclic) bond motifs is 10. The Labute approximate surface area is 448 Å². The van der Waals surface area contributed by atoms with Crippen molar-refractivity contribution in [3.05, 3.63) is 236 Å². The van der Waals surface area contributed by atoms with Gasteiger partial charge in [0.2, 0.25) is 0 Å². The van der Waals surface area contributed by atoms with Crippen LogP contribution in [0, 0.1) is 18.8 Å². The molecule has 1 aliphatic heterocycles. The van der Waals surface area contributed by atoms with Gasteiger partial charge in [0.15, 0.2) is 0 Å². The monoisotopic (exact) mass is 1140 g/mol. The molecule has 5 nitrogen and oxygen atoms in total. The van der Waals surface area contributed by atoms with Crippen molar-refractivity contribution in [1.29, 1.82) is 0 Å². The normalized spacial score (nSPS) is 12.6. The summed E-state index contributed by atoms with van der Waals surface area (Å²) in [4.78, 5) is 7.19. The Morgan fingerprint density at radius 1 is 0.500 bits per heavy atom. The van der Waals surface area contributed by atoms with Gasteiger partial charge in [0.1, 0.15) is 5.82 Å². The number of pyridine rings is 1. The van der Waals surface area contributed by atoms with E-state index in [2.05, 4.69) is 238 Å². The van der Waals surface area contributed by atoms with Gasteiger partial charge < -0.3 is 18.8 Å². The Balaban J connectivity index is 0.00000569. The number of benzene rings is 9. The molecule has 0 radical (unpaired) electrons. The van der Waals surface area contributed by atoms with Crippen molar-refractivity contribution < 1.29 is 27.2 Å². The fourth-order valence-corrected chi connectivity index (χ4v) is 10.8. The number of para-hydroxylation sites is 2. The van der Waals surface area contributed by atoms with E-state index in [9.17, 15) is 0 Å². The molecule has 4 heterocycles. The van der Waals surface area contributed by atoms with Crippen LogP contribution in [0.2, 0.25) is 0 Å². The zero-order valence-corrected chi connectivity index (χ0v) is 44.4. The van der Waals surface area contributed by atoms with Gasteiger partial charge in [0, 0.05) is 50.0 Å². The third-order valence-electron chi connectivity index (χ3n) is 14.5. The average Bonchev–Trinajstić information content (AvgIpc) is 3.98. The summed E-state index contributed by atoms with van der Waals surface area (Å²) >= 11 is 0. The maximum atomic E-state index is 9.06. The van der Waals surface area contributed by atoms with Gasteiger partial charge >= 0.3 is 0 Å². The van der Waals surface area contributed by atoms with E-state index >= 15 is 0 Å². The molecule has 6 heteroatoms. The fraction of sp³-hybridized carbons (Fsp3) is 0.118. The minimum Gasteiger partial charge on any atom is -0.509 e. The van der Waals surface area contributed by atoms with Gasteiger partial charge in [-0.25, -0.2) is 4.98 Å². The second kappa shape index (κ2) is 18.1. The molecule has 0 fully saturated rings. The maximum absolute atomic E-state index is 9.06. The molecular weight excluding hydrogens is 1080 g/mol. The van der Waals surface area contributed by atoms with Gasteiger partial charge in [-0.15, -0.1) is 35.7 Å². The molecule has 0 aliphatic carbocycles. The molecule has 0 N–H and O–H groups in total. The zero-order valence-electron chi connectivity index (χ0n) is 43.1. The maximum Gasteiger partial charge on any atom is 0.135 e. The summed E-state index contributed by atoms with van der Waals surface area (Å²) in [5.74, 6) is 1.96. The standard InChI is InChI=1S/C68H53N4O.Pt/c1-67(2,3)47-21-14-20-46(38-47)52-28-16-29-58-55-26-12-10-24-53(55)54-25-11-13-27-56(54)59-30-17-31-62-66(59)71(65(52)58)43-70(62)49-22-15-23-50(41-49)73-51-33-34-57-60-39-45(44-18-8-7-9-19-44)32-35-61(60)72(63(57)42-51)64-40-48(36-37-69-64)68(4,5)6;/h7-40,43H,1-6H3;/q-3;/i14D;. The molecule has 364 valence electrons. The van der Waals surface area contributed by atoms with Gasteiger partial charge in [-0.2, -0.15) is 12.1 Å². The number of hydrogen-bond acceptors (Lipinski definition) is 3. The van der Waals surface area contributed by atoms with Gasteiger partial charge in [-0.1, -0.05) is 198 Å². The topological polar surface area (TPSA) is 35.2 Å². The van der Waals surface area contributed by atoms with Gasteiger partial charge in [-0.05, 0) is 124 Å². The first-order valence-electron chi connectivity index (χ1n) is 25.6. The minimum absolute atomic E-state index is 0. The van der Waals surface area contributed by atoms with Crippen LogP contribution in [-0.2, 0) is 31.9 Å². The van der Waals surface area contributed by atoms with Crippen LogP contribution in [-0.4, -0.2) is 14.1 Å². The molecular formula is C68H53N4OPt-3. The van der Waals surface area contributed by atoms with E-state index in [1.54, 1.807) is 0 Å². The number of ether oxygens (including phenoxy) is 1. The van der Waals surface area contributed by atoms with Gasteiger partial charge in [0.25, 0.3) is 0 Å². The van der Waals surface area contributed by atoms with Crippen LogP contribution in [0.15, 0.2) is 206 Å². The van der Waals surface area contributed by atoms with E-state index in [0.29, 0.717) is 17.5 Å². The van der Waals surface area contributed by atoms with E-state index in [-0.39, 0.29) is 31.9 Å². The molecule has 74 heavy (non-hydrogen) atoms. The predicted octanol–water partition coefficient (Wildman–Crippen LogP) is 18.2. The van der Waals surface area contributed by atoms with Crippen molar-refractivity contribution in [2.24, 2.45) is 0 Å². The van der Waals surface area contributed by atoms with E-state index in [1.165, 1.54) is 16.3 Å². The Hall–Kier alpha value is -8.11. The van der Waals surface area contributed by atoms with Crippen LogP contribution < -0.4 is 9.64 Å². The quantitative estimate of drug-likeness (QED) is 0.156. The minimum atomic E-state index is -0.149. The fourth-order valence-electron chi connectivity index (χ4n) is 10.8. The van der Waals surface area contributed by atoms with E-state index in [4.69, 9.17) is 11.1 Å². The molecule has 0 atom stereocenters. The molecule has 0 saturated heterocycles. The van der Waals surface area contributed by atoms with Crippen molar-refractivity contribution in [1.82, 2.24) is 14.1 Å². The van der Waals surface area contributed by atoms with Crippen LogP contribution in [0.5, 0.6) is 11.5 Å². The first-order chi connectivity index (χ1) is 35.9. The second-order valence-electron chi connectivity index (χ2n) is 21.3. The number of anilines is 2. The van der Waals surface area contributed by atoms with Crippen molar-refractivity contribution >= 4 is 76.5 Å². The molecule has 9 aromatic carbocycles. The summed E-state index contributed by atoms with van der Waals surface area (Å²) in [6, 6.07) is 76.6. The number of rotatable bonds is 6. The first kappa shape index (κ1) is 45.7. The molecule has 0 bridgehead atoms. The van der Waals surface area contributed by atoms with Crippen LogP contribution in [0.25, 0.3) is 93.2 Å². The number of hydrogen-bond donors (Lipinski definition) is 0. The second-order valence-corrected chi connectivity index (χ2v) is 21.3. The summed E-state index contributed by atoms with van der Waals surface area (Å²) in [7, 11) is 0. The Morgan fingerprint density at radius 3 is 1.86 bits per heavy atom. The smallest absolute Gasteiger partial charge is 0.135 e. The predicted molar refractivity (Wildman–Crippen MR) is 305 cm³/mol. The Morgan fingerprint density at radius 2 is 1.14 bits per heavy atom. The summed E-state index contributed by atoms with van der Waals surface area (Å²) in [5.41, 5.74) is 12.3. The first-order valence-corrected chi connectivity index (χ1v) is 25.1. The van der Waals surface area contributed by atoms with Gasteiger partial charge in [0.05, 0.1) is 1.37 Å². The van der Waals surface area contributed by atoms with Gasteiger partial charge in [-0.3, -0.25) is 0 Å². The molecule has 13 rings (SSSR count). The molecule has 3 aromatic heterocycles. The summed E-state index contributed by atoms with van der Waals surface area (Å²) in [6.07, 6.45) is 1.91. The number of nitrogens with zero attached hydrogens (tertiary/aromatic N) is 4. The zero-order chi connectivity index (χ0) is 50.5. The third kappa shape index (κ3) is 7.98. The molecule has 12 aromatic rings. The SMILES string of the molecule is [2H]c1cc(-c2cccc3c4ccccc4c4ccccc4c4cccc5c4n(c23)[CH-]N5c2[c-]c(Oc3[c-]c4c(cc3)c3cc(-c5ccccc5)ccc3n4-c3cc(C(C)(C)C)ccn3)ccc2)cc(C(C)(C)C)c1.[Pt]. The van der Waals surface area contributed by atoms with Crippen LogP contribution in [0.4, 0.5) is 11.4 Å². The molecule has 0 unspecified atom stereocenters. The van der Waals surface area contributed by atoms with Crippen LogP contribution in [0.1, 0.15) is 54.0 Å². The molecule has 0 spiro atoms. The van der Waals surface area contributed by atoms with Crippen molar-refractivity contribution in [2.45, 2.75) is 52.4 Å². The molecule has 0 saturated carbocycles. The average molecular weight is 1140 g/mol.